The van der Waals surface area contributed by atoms with Crippen LogP contribution in [0.3, 0.4) is 0 Å². The van der Waals surface area contributed by atoms with Crippen LogP contribution in [0.4, 0.5) is 0 Å². The summed E-state index contributed by atoms with van der Waals surface area (Å²) in [6.45, 7) is 7.27. The van der Waals surface area contributed by atoms with Crippen LogP contribution in [0.2, 0.25) is 0 Å². The predicted molar refractivity (Wildman–Crippen MR) is 81.5 cm³/mol. The van der Waals surface area contributed by atoms with Crippen molar-refractivity contribution in [2.45, 2.75) is 95.2 Å². The van der Waals surface area contributed by atoms with E-state index in [9.17, 15) is 0 Å². The third kappa shape index (κ3) is 2.85. The predicted octanol–water partition coefficient (Wildman–Crippen LogP) is 3.71. The van der Waals surface area contributed by atoms with Gasteiger partial charge in [-0.3, -0.25) is 4.90 Å². The second kappa shape index (κ2) is 5.37. The number of rotatable bonds is 1. The van der Waals surface area contributed by atoms with E-state index in [1.54, 1.807) is 0 Å². The van der Waals surface area contributed by atoms with Crippen LogP contribution in [0.1, 0.15) is 78.1 Å². The summed E-state index contributed by atoms with van der Waals surface area (Å²) in [5.74, 6) is 0. The van der Waals surface area contributed by atoms with Gasteiger partial charge in [0.15, 0.2) is 0 Å². The van der Waals surface area contributed by atoms with Gasteiger partial charge in [-0.1, -0.05) is 38.5 Å². The Morgan fingerprint density at radius 2 is 1.53 bits per heavy atom. The van der Waals surface area contributed by atoms with E-state index < -0.39 is 0 Å². The molecule has 1 saturated heterocycles. The maximum Gasteiger partial charge on any atom is 0.0337 e. The molecule has 1 aliphatic heterocycles. The summed E-state index contributed by atoms with van der Waals surface area (Å²) in [6, 6.07) is 0.883. The molecule has 0 atom stereocenters. The molecule has 3 aliphatic rings. The van der Waals surface area contributed by atoms with E-state index in [1.165, 1.54) is 77.3 Å². The minimum atomic E-state index is 0.306. The van der Waals surface area contributed by atoms with Crippen LogP contribution in [0.15, 0.2) is 0 Å². The van der Waals surface area contributed by atoms with E-state index in [1.807, 2.05) is 0 Å². The fraction of sp³-hybridized carbons (Fsp3) is 1.00. The summed E-state index contributed by atoms with van der Waals surface area (Å²) >= 11 is 0. The first-order chi connectivity index (χ1) is 9.11. The number of nitrogens with zero attached hydrogens (tertiary/aromatic N) is 1. The summed E-state index contributed by atoms with van der Waals surface area (Å²) < 4.78 is 0. The first-order valence-corrected chi connectivity index (χ1v) is 8.63. The highest BCUT2D eigenvalue weighted by Crippen LogP contribution is 2.40. The Morgan fingerprint density at radius 1 is 0.895 bits per heavy atom. The Balaban J connectivity index is 1.80. The minimum absolute atomic E-state index is 0.306. The van der Waals surface area contributed by atoms with E-state index in [2.05, 4.69) is 24.1 Å². The van der Waals surface area contributed by atoms with Crippen molar-refractivity contribution >= 4 is 0 Å². The third-order valence-electron chi connectivity index (χ3n) is 5.87. The summed E-state index contributed by atoms with van der Waals surface area (Å²) in [5.41, 5.74) is 0.815. The zero-order valence-electron chi connectivity index (χ0n) is 13.0. The maximum absolute atomic E-state index is 3.85. The second-order valence-corrected chi connectivity index (χ2v) is 7.94. The standard InChI is InChI=1S/C17H32N2/c1-16(2)14-19(15-9-5-3-6-10-15)17(13-18-16)11-7-4-8-12-17/h15,18H,3-14H2,1-2H3. The third-order valence-corrected chi connectivity index (χ3v) is 5.87. The minimum Gasteiger partial charge on any atom is -0.309 e. The van der Waals surface area contributed by atoms with Crippen molar-refractivity contribution < 1.29 is 0 Å². The normalized spacial score (nSPS) is 32.5. The van der Waals surface area contributed by atoms with Crippen LogP contribution in [0, 0.1) is 0 Å². The smallest absolute Gasteiger partial charge is 0.0337 e. The molecule has 2 heteroatoms. The van der Waals surface area contributed by atoms with Crippen molar-refractivity contribution in [3.63, 3.8) is 0 Å². The molecule has 1 N–H and O–H groups in total. The molecule has 2 nitrogen and oxygen atoms in total. The van der Waals surface area contributed by atoms with E-state index in [0.29, 0.717) is 11.1 Å². The van der Waals surface area contributed by atoms with E-state index in [0.717, 1.165) is 6.04 Å². The zero-order chi connectivity index (χ0) is 13.3. The highest BCUT2D eigenvalue weighted by Gasteiger charge is 2.46. The number of hydrogen-bond acceptors (Lipinski definition) is 2. The fourth-order valence-corrected chi connectivity index (χ4v) is 4.74. The molecule has 2 saturated carbocycles. The van der Waals surface area contributed by atoms with Gasteiger partial charge in [0.25, 0.3) is 0 Å². The van der Waals surface area contributed by atoms with Gasteiger partial charge in [-0.25, -0.2) is 0 Å². The first-order valence-electron chi connectivity index (χ1n) is 8.63. The van der Waals surface area contributed by atoms with Crippen molar-refractivity contribution in [1.29, 1.82) is 0 Å². The number of piperazine rings is 1. The van der Waals surface area contributed by atoms with Gasteiger partial charge in [0.1, 0.15) is 0 Å². The topological polar surface area (TPSA) is 15.3 Å². The summed E-state index contributed by atoms with van der Waals surface area (Å²) in [4.78, 5) is 2.97. The average molecular weight is 264 g/mol. The molecule has 3 rings (SSSR count). The lowest BCUT2D eigenvalue weighted by Gasteiger charge is -2.58. The Labute approximate surface area is 119 Å². The lowest BCUT2D eigenvalue weighted by Crippen LogP contribution is -2.70. The lowest BCUT2D eigenvalue weighted by molar-refractivity contribution is -0.0492. The van der Waals surface area contributed by atoms with E-state index in [4.69, 9.17) is 0 Å². The van der Waals surface area contributed by atoms with Gasteiger partial charge in [-0.05, 0) is 39.5 Å². The first kappa shape index (κ1) is 13.9. The Morgan fingerprint density at radius 3 is 2.21 bits per heavy atom. The number of hydrogen-bond donors (Lipinski definition) is 1. The molecule has 0 aromatic carbocycles. The highest BCUT2D eigenvalue weighted by molar-refractivity contribution is 5.05. The molecule has 1 spiro atoms. The van der Waals surface area contributed by atoms with Crippen LogP contribution in [-0.2, 0) is 0 Å². The molecule has 0 unspecified atom stereocenters. The quantitative estimate of drug-likeness (QED) is 0.777. The van der Waals surface area contributed by atoms with Crippen LogP contribution in [0.25, 0.3) is 0 Å². The molecule has 110 valence electrons. The Kier molecular flexibility index (Phi) is 3.92. The molecule has 0 amide bonds. The van der Waals surface area contributed by atoms with Crippen molar-refractivity contribution in [2.75, 3.05) is 13.1 Å². The molecular weight excluding hydrogens is 232 g/mol. The van der Waals surface area contributed by atoms with Crippen molar-refractivity contribution in [3.8, 4) is 0 Å². The average Bonchev–Trinajstić information content (AvgIpc) is 2.44. The summed E-state index contributed by atoms with van der Waals surface area (Å²) in [7, 11) is 0. The Bertz CT molecular complexity index is 298. The van der Waals surface area contributed by atoms with Crippen LogP contribution >= 0.6 is 0 Å². The second-order valence-electron chi connectivity index (χ2n) is 7.94. The van der Waals surface area contributed by atoms with E-state index >= 15 is 0 Å². The molecule has 19 heavy (non-hydrogen) atoms. The fourth-order valence-electron chi connectivity index (χ4n) is 4.74. The molecular formula is C17H32N2. The molecule has 0 bridgehead atoms. The summed E-state index contributed by atoms with van der Waals surface area (Å²) in [5, 5.41) is 3.85. The monoisotopic (exact) mass is 264 g/mol. The van der Waals surface area contributed by atoms with Crippen molar-refractivity contribution in [3.05, 3.63) is 0 Å². The van der Waals surface area contributed by atoms with Crippen LogP contribution in [-0.4, -0.2) is 35.1 Å². The van der Waals surface area contributed by atoms with Gasteiger partial charge in [0.2, 0.25) is 0 Å². The SMILES string of the molecule is CC1(C)CN(C2CCCCC2)C2(CCCCC2)CN1. The van der Waals surface area contributed by atoms with Crippen LogP contribution in [0.5, 0.6) is 0 Å². The molecule has 2 aliphatic carbocycles. The van der Waals surface area contributed by atoms with Gasteiger partial charge in [0.05, 0.1) is 0 Å². The van der Waals surface area contributed by atoms with Gasteiger partial charge < -0.3 is 5.32 Å². The lowest BCUT2D eigenvalue weighted by atomic mass is 9.75. The Hall–Kier alpha value is -0.0800. The molecule has 0 aromatic rings. The van der Waals surface area contributed by atoms with E-state index in [-0.39, 0.29) is 0 Å². The summed E-state index contributed by atoms with van der Waals surface area (Å²) in [6.07, 6.45) is 14.5. The van der Waals surface area contributed by atoms with Gasteiger partial charge in [0, 0.05) is 30.2 Å². The van der Waals surface area contributed by atoms with Crippen molar-refractivity contribution in [2.24, 2.45) is 0 Å². The molecule has 0 radical (unpaired) electrons. The molecule has 1 heterocycles. The van der Waals surface area contributed by atoms with Crippen molar-refractivity contribution in [1.82, 2.24) is 10.2 Å². The van der Waals surface area contributed by atoms with Crippen LogP contribution < -0.4 is 5.32 Å². The zero-order valence-corrected chi connectivity index (χ0v) is 13.0. The van der Waals surface area contributed by atoms with Gasteiger partial charge in [-0.15, -0.1) is 0 Å². The van der Waals surface area contributed by atoms with Gasteiger partial charge in [-0.2, -0.15) is 0 Å². The highest BCUT2D eigenvalue weighted by atomic mass is 15.3. The largest absolute Gasteiger partial charge is 0.309 e. The maximum atomic E-state index is 3.85. The van der Waals surface area contributed by atoms with Gasteiger partial charge >= 0.3 is 0 Å². The molecule has 3 fully saturated rings. The number of nitrogens with one attached hydrogen (secondary N) is 1. The molecule has 0 aromatic heterocycles.